The van der Waals surface area contributed by atoms with Gasteiger partial charge in [-0.2, -0.15) is 0 Å². The van der Waals surface area contributed by atoms with Gasteiger partial charge in [0.2, 0.25) is 0 Å². The van der Waals surface area contributed by atoms with Gasteiger partial charge in [0.1, 0.15) is 5.82 Å². The van der Waals surface area contributed by atoms with E-state index in [-0.39, 0.29) is 22.3 Å². The topological polar surface area (TPSA) is 68.3 Å². The SMILES string of the molecule is COC(=O)C1=C(C)NC2=C(C(=O)CC(C)(C)C2)C1c1ccncc1F. The maximum atomic E-state index is 14.5. The fourth-order valence-corrected chi connectivity index (χ4v) is 3.75. The Morgan fingerprint density at radius 2 is 2.12 bits per heavy atom. The summed E-state index contributed by atoms with van der Waals surface area (Å²) in [6.45, 7) is 5.79. The molecule has 1 N–H and O–H groups in total. The highest BCUT2D eigenvalue weighted by Crippen LogP contribution is 2.47. The zero-order valence-electron chi connectivity index (χ0n) is 14.8. The van der Waals surface area contributed by atoms with E-state index in [2.05, 4.69) is 10.3 Å². The number of ether oxygens (including phenoxy) is 1. The summed E-state index contributed by atoms with van der Waals surface area (Å²) in [5.74, 6) is -1.98. The molecule has 1 aliphatic carbocycles. The van der Waals surface area contributed by atoms with Gasteiger partial charge >= 0.3 is 5.97 Å². The van der Waals surface area contributed by atoms with Gasteiger partial charge in [-0.3, -0.25) is 9.78 Å². The van der Waals surface area contributed by atoms with Crippen molar-refractivity contribution in [2.75, 3.05) is 7.11 Å². The number of allylic oxidation sites excluding steroid dienone is 3. The van der Waals surface area contributed by atoms with Crippen molar-refractivity contribution in [3.05, 3.63) is 52.4 Å². The van der Waals surface area contributed by atoms with Crippen LogP contribution >= 0.6 is 0 Å². The fourth-order valence-electron chi connectivity index (χ4n) is 3.75. The number of ketones is 1. The van der Waals surface area contributed by atoms with Crippen molar-refractivity contribution in [2.24, 2.45) is 5.41 Å². The molecular weight excluding hydrogens is 323 g/mol. The van der Waals surface area contributed by atoms with Crippen LogP contribution in [0.15, 0.2) is 41.0 Å². The number of nitrogens with zero attached hydrogens (tertiary/aromatic N) is 1. The molecule has 6 heteroatoms. The quantitative estimate of drug-likeness (QED) is 0.836. The minimum absolute atomic E-state index is 0.0751. The van der Waals surface area contributed by atoms with Crippen molar-refractivity contribution < 1.29 is 18.7 Å². The first-order chi connectivity index (χ1) is 11.7. The van der Waals surface area contributed by atoms with E-state index < -0.39 is 17.7 Å². The molecule has 1 unspecified atom stereocenters. The van der Waals surface area contributed by atoms with Gasteiger partial charge in [-0.05, 0) is 24.8 Å². The third-order valence-corrected chi connectivity index (χ3v) is 4.76. The summed E-state index contributed by atoms with van der Waals surface area (Å²) in [7, 11) is 1.28. The Labute approximate surface area is 146 Å². The van der Waals surface area contributed by atoms with Crippen molar-refractivity contribution in [3.63, 3.8) is 0 Å². The lowest BCUT2D eigenvalue weighted by molar-refractivity contribution is -0.136. The number of nitrogens with one attached hydrogen (secondary N) is 1. The molecule has 3 rings (SSSR count). The van der Waals surface area contributed by atoms with E-state index >= 15 is 0 Å². The van der Waals surface area contributed by atoms with E-state index in [4.69, 9.17) is 4.74 Å². The average Bonchev–Trinajstić information content (AvgIpc) is 2.52. The second kappa shape index (κ2) is 6.10. The van der Waals surface area contributed by atoms with Gasteiger partial charge in [-0.25, -0.2) is 9.18 Å². The molecule has 0 amide bonds. The summed E-state index contributed by atoms with van der Waals surface area (Å²) in [6.07, 6.45) is 3.56. The Hall–Kier alpha value is -2.50. The monoisotopic (exact) mass is 344 g/mol. The Bertz CT molecular complexity index is 824. The predicted molar refractivity (Wildman–Crippen MR) is 89.8 cm³/mol. The Morgan fingerprint density at radius 3 is 2.76 bits per heavy atom. The third kappa shape index (κ3) is 2.97. The molecule has 0 bridgehead atoms. The highest BCUT2D eigenvalue weighted by Gasteiger charge is 2.43. The second-order valence-electron chi connectivity index (χ2n) is 7.32. The van der Waals surface area contributed by atoms with Crippen molar-refractivity contribution in [1.82, 2.24) is 10.3 Å². The van der Waals surface area contributed by atoms with Gasteiger partial charge in [-0.15, -0.1) is 0 Å². The number of halogens is 1. The number of esters is 1. The number of dihydropyridines is 1. The predicted octanol–water partition coefficient (Wildman–Crippen LogP) is 3.00. The van der Waals surface area contributed by atoms with Crippen molar-refractivity contribution >= 4 is 11.8 Å². The number of aromatic nitrogens is 1. The number of hydrogen-bond donors (Lipinski definition) is 1. The molecule has 2 heterocycles. The molecule has 1 aromatic heterocycles. The summed E-state index contributed by atoms with van der Waals surface area (Å²) in [6, 6.07) is 1.51. The molecule has 0 radical (unpaired) electrons. The zero-order chi connectivity index (χ0) is 18.4. The molecule has 0 aromatic carbocycles. The molecule has 1 atom stereocenters. The third-order valence-electron chi connectivity index (χ3n) is 4.76. The number of methoxy groups -OCH3 is 1. The molecule has 25 heavy (non-hydrogen) atoms. The Balaban J connectivity index is 2.24. The van der Waals surface area contributed by atoms with Crippen LogP contribution in [0.5, 0.6) is 0 Å². The minimum Gasteiger partial charge on any atom is -0.466 e. The first-order valence-electron chi connectivity index (χ1n) is 8.17. The molecular formula is C19H21FN2O3. The van der Waals surface area contributed by atoms with Crippen LogP contribution in [0.4, 0.5) is 4.39 Å². The number of rotatable bonds is 2. The molecule has 0 fully saturated rings. The summed E-state index contributed by atoms with van der Waals surface area (Å²) >= 11 is 0. The van der Waals surface area contributed by atoms with Crippen LogP contribution in [0, 0.1) is 11.2 Å². The van der Waals surface area contributed by atoms with Crippen LogP contribution in [0.2, 0.25) is 0 Å². The smallest absolute Gasteiger partial charge is 0.336 e. The van der Waals surface area contributed by atoms with Gasteiger partial charge < -0.3 is 10.1 Å². The van der Waals surface area contributed by atoms with Gasteiger partial charge in [0.15, 0.2) is 5.78 Å². The maximum Gasteiger partial charge on any atom is 0.336 e. The molecule has 5 nitrogen and oxygen atoms in total. The van der Waals surface area contributed by atoms with E-state index in [9.17, 15) is 14.0 Å². The van der Waals surface area contributed by atoms with Crippen molar-refractivity contribution in [3.8, 4) is 0 Å². The number of pyridine rings is 1. The number of hydrogen-bond acceptors (Lipinski definition) is 5. The van der Waals surface area contributed by atoms with Gasteiger partial charge in [-0.1, -0.05) is 13.8 Å². The van der Waals surface area contributed by atoms with Crippen LogP contribution in [-0.4, -0.2) is 23.8 Å². The molecule has 1 aliphatic heterocycles. The number of carbonyl (C=O) groups excluding carboxylic acids is 2. The molecule has 0 saturated heterocycles. The molecule has 132 valence electrons. The first kappa shape index (κ1) is 17.3. The van der Waals surface area contributed by atoms with Gasteiger partial charge in [0.25, 0.3) is 0 Å². The molecule has 0 spiro atoms. The van der Waals surface area contributed by atoms with Crippen LogP contribution in [0.3, 0.4) is 0 Å². The minimum atomic E-state index is -0.782. The molecule has 1 aromatic rings. The largest absolute Gasteiger partial charge is 0.466 e. The van der Waals surface area contributed by atoms with Crippen molar-refractivity contribution in [1.29, 1.82) is 0 Å². The normalized spacial score (nSPS) is 22.4. The van der Waals surface area contributed by atoms with E-state index in [1.165, 1.54) is 19.4 Å². The fraction of sp³-hybridized carbons (Fsp3) is 0.421. The maximum absolute atomic E-state index is 14.5. The summed E-state index contributed by atoms with van der Waals surface area (Å²) in [4.78, 5) is 29.1. The standard InChI is InChI=1S/C19H21FN2O3/c1-10-15(18(24)25-4)16(11-5-6-21-9-12(11)20)17-13(22-10)7-19(2,3)8-14(17)23/h5-6,9,16,22H,7-8H2,1-4H3. The lowest BCUT2D eigenvalue weighted by atomic mass is 9.68. The van der Waals surface area contributed by atoms with E-state index in [1.54, 1.807) is 6.92 Å². The summed E-state index contributed by atoms with van der Waals surface area (Å²) in [5.41, 5.74) is 2.13. The molecule has 0 saturated carbocycles. The van der Waals surface area contributed by atoms with E-state index in [0.717, 1.165) is 11.9 Å². The lowest BCUT2D eigenvalue weighted by Crippen LogP contribution is -2.38. The van der Waals surface area contributed by atoms with Crippen LogP contribution < -0.4 is 5.32 Å². The number of carbonyl (C=O) groups is 2. The van der Waals surface area contributed by atoms with Crippen LogP contribution in [-0.2, 0) is 14.3 Å². The van der Waals surface area contributed by atoms with E-state index in [0.29, 0.717) is 24.1 Å². The van der Waals surface area contributed by atoms with Crippen molar-refractivity contribution in [2.45, 2.75) is 39.5 Å². The summed E-state index contributed by atoms with van der Waals surface area (Å²) in [5, 5.41) is 3.19. The van der Waals surface area contributed by atoms with Gasteiger partial charge in [0, 0.05) is 35.1 Å². The second-order valence-corrected chi connectivity index (χ2v) is 7.32. The highest BCUT2D eigenvalue weighted by molar-refractivity contribution is 6.04. The average molecular weight is 344 g/mol. The van der Waals surface area contributed by atoms with Crippen LogP contribution in [0.25, 0.3) is 0 Å². The van der Waals surface area contributed by atoms with Crippen LogP contribution in [0.1, 0.15) is 45.1 Å². The highest BCUT2D eigenvalue weighted by atomic mass is 19.1. The molecule has 2 aliphatic rings. The Kier molecular flexibility index (Phi) is 4.22. The zero-order valence-corrected chi connectivity index (χ0v) is 14.8. The van der Waals surface area contributed by atoms with E-state index in [1.807, 2.05) is 13.8 Å². The van der Waals surface area contributed by atoms with Gasteiger partial charge in [0.05, 0.1) is 24.8 Å². The lowest BCUT2D eigenvalue weighted by Gasteiger charge is -2.39. The number of Topliss-reactive ketones (excluding diaryl/α,β-unsaturated/α-hetero) is 1. The Morgan fingerprint density at radius 1 is 1.40 bits per heavy atom. The summed E-state index contributed by atoms with van der Waals surface area (Å²) < 4.78 is 19.4. The first-order valence-corrected chi connectivity index (χ1v) is 8.17.